The van der Waals surface area contributed by atoms with Gasteiger partial charge in [-0.05, 0) is 26.7 Å². The molecular formula is C16H31IN4S. The molecule has 128 valence electrons. The normalized spacial score (nSPS) is 11.2. The lowest BCUT2D eigenvalue weighted by Gasteiger charge is -2.21. The van der Waals surface area contributed by atoms with Crippen LogP contribution in [0.15, 0.2) is 4.99 Å². The van der Waals surface area contributed by atoms with Crippen molar-refractivity contribution in [1.29, 1.82) is 0 Å². The lowest BCUT2D eigenvalue weighted by Crippen LogP contribution is -2.39. The molecular weight excluding hydrogens is 407 g/mol. The number of aromatic nitrogens is 1. The largest absolute Gasteiger partial charge is 0.357 e. The average Bonchev–Trinajstić information content (AvgIpc) is 2.84. The molecule has 0 bridgehead atoms. The van der Waals surface area contributed by atoms with E-state index < -0.39 is 0 Å². The Balaban J connectivity index is 0.00000441. The second-order valence-corrected chi connectivity index (χ2v) is 6.51. The van der Waals surface area contributed by atoms with Gasteiger partial charge >= 0.3 is 0 Å². The second-order valence-electron chi connectivity index (χ2n) is 5.22. The molecule has 0 saturated heterocycles. The highest BCUT2D eigenvalue weighted by atomic mass is 127. The number of nitrogens with one attached hydrogen (secondary N) is 1. The summed E-state index contributed by atoms with van der Waals surface area (Å²) in [5.41, 5.74) is 1.24. The fourth-order valence-corrected chi connectivity index (χ4v) is 3.16. The van der Waals surface area contributed by atoms with Gasteiger partial charge in [-0.15, -0.1) is 35.3 Å². The fraction of sp³-hybridized carbons (Fsp3) is 0.750. The van der Waals surface area contributed by atoms with E-state index in [1.165, 1.54) is 28.4 Å². The molecule has 0 aliphatic rings. The van der Waals surface area contributed by atoms with Crippen molar-refractivity contribution >= 4 is 41.3 Å². The van der Waals surface area contributed by atoms with Crippen molar-refractivity contribution in [3.05, 3.63) is 15.6 Å². The number of hydrogen-bond donors (Lipinski definition) is 1. The standard InChI is InChI=1S/C16H30N4S.HI/c1-6-9-12-20(5)16(17-8-3)18-11-10-15-19-14(7-2)13(4)21-15;/h6-12H2,1-5H3,(H,17,18);1H. The van der Waals surface area contributed by atoms with Crippen LogP contribution in [0.2, 0.25) is 0 Å². The molecule has 0 saturated carbocycles. The van der Waals surface area contributed by atoms with Crippen LogP contribution >= 0.6 is 35.3 Å². The van der Waals surface area contributed by atoms with Crippen LogP contribution in [0.1, 0.15) is 49.2 Å². The molecule has 22 heavy (non-hydrogen) atoms. The Morgan fingerprint density at radius 1 is 1.32 bits per heavy atom. The van der Waals surface area contributed by atoms with E-state index in [1.54, 1.807) is 0 Å². The first-order chi connectivity index (χ1) is 10.1. The van der Waals surface area contributed by atoms with E-state index in [-0.39, 0.29) is 24.0 Å². The highest BCUT2D eigenvalue weighted by molar-refractivity contribution is 14.0. The molecule has 4 nitrogen and oxygen atoms in total. The van der Waals surface area contributed by atoms with Crippen LogP contribution in [0, 0.1) is 6.92 Å². The molecule has 6 heteroatoms. The van der Waals surface area contributed by atoms with Gasteiger partial charge in [-0.2, -0.15) is 0 Å². The van der Waals surface area contributed by atoms with Crippen LogP contribution < -0.4 is 5.32 Å². The summed E-state index contributed by atoms with van der Waals surface area (Å²) in [4.78, 5) is 13.0. The van der Waals surface area contributed by atoms with Gasteiger partial charge in [0.1, 0.15) is 0 Å². The lowest BCUT2D eigenvalue weighted by molar-refractivity contribution is 0.465. The van der Waals surface area contributed by atoms with Crippen molar-refractivity contribution in [3.8, 4) is 0 Å². The topological polar surface area (TPSA) is 40.5 Å². The van der Waals surface area contributed by atoms with E-state index >= 15 is 0 Å². The van der Waals surface area contributed by atoms with Crippen LogP contribution in [0.5, 0.6) is 0 Å². The van der Waals surface area contributed by atoms with E-state index in [1.807, 2.05) is 11.3 Å². The molecule has 1 rings (SSSR count). The third-order valence-corrected chi connectivity index (χ3v) is 4.48. The van der Waals surface area contributed by atoms with Crippen molar-refractivity contribution in [2.45, 2.75) is 53.4 Å². The minimum Gasteiger partial charge on any atom is -0.357 e. The number of hydrogen-bond acceptors (Lipinski definition) is 3. The number of rotatable bonds is 8. The quantitative estimate of drug-likeness (QED) is 0.381. The van der Waals surface area contributed by atoms with E-state index in [2.05, 4.69) is 49.9 Å². The number of aryl methyl sites for hydroxylation is 2. The van der Waals surface area contributed by atoms with Gasteiger partial charge in [0.2, 0.25) is 0 Å². The minimum absolute atomic E-state index is 0. The smallest absolute Gasteiger partial charge is 0.193 e. The highest BCUT2D eigenvalue weighted by Gasteiger charge is 2.07. The van der Waals surface area contributed by atoms with Crippen molar-refractivity contribution in [1.82, 2.24) is 15.2 Å². The third-order valence-electron chi connectivity index (χ3n) is 3.40. The molecule has 0 fully saturated rings. The predicted octanol–water partition coefficient (Wildman–Crippen LogP) is 3.87. The molecule has 0 aliphatic heterocycles. The molecule has 1 aromatic heterocycles. The molecule has 1 aromatic rings. The van der Waals surface area contributed by atoms with Gasteiger partial charge in [0.25, 0.3) is 0 Å². The first kappa shape index (κ1) is 21.6. The zero-order valence-electron chi connectivity index (χ0n) is 14.6. The molecule has 0 amide bonds. The Bertz CT molecular complexity index is 445. The Morgan fingerprint density at radius 3 is 2.59 bits per heavy atom. The van der Waals surface area contributed by atoms with Crippen LogP contribution in [-0.2, 0) is 12.8 Å². The summed E-state index contributed by atoms with van der Waals surface area (Å²) in [5.74, 6) is 1.01. The molecule has 1 heterocycles. The number of guanidine groups is 1. The summed E-state index contributed by atoms with van der Waals surface area (Å²) < 4.78 is 0. The van der Waals surface area contributed by atoms with Crippen molar-refractivity contribution < 1.29 is 0 Å². The Hall–Kier alpha value is -0.370. The number of aliphatic imine (C=N–C) groups is 1. The predicted molar refractivity (Wildman–Crippen MR) is 109 cm³/mol. The van der Waals surface area contributed by atoms with E-state index in [4.69, 9.17) is 4.99 Å². The molecule has 0 unspecified atom stereocenters. The number of halogens is 1. The second kappa shape index (κ2) is 12.1. The summed E-state index contributed by atoms with van der Waals surface area (Å²) in [6, 6.07) is 0. The summed E-state index contributed by atoms with van der Waals surface area (Å²) in [7, 11) is 2.11. The zero-order chi connectivity index (χ0) is 15.7. The van der Waals surface area contributed by atoms with Gasteiger partial charge in [-0.3, -0.25) is 4.99 Å². The minimum atomic E-state index is 0. The van der Waals surface area contributed by atoms with Gasteiger partial charge in [0.05, 0.1) is 10.7 Å². The maximum atomic E-state index is 4.72. The lowest BCUT2D eigenvalue weighted by atomic mass is 10.3. The molecule has 0 aromatic carbocycles. The number of unbranched alkanes of at least 4 members (excludes halogenated alkanes) is 1. The summed E-state index contributed by atoms with van der Waals surface area (Å²) in [5, 5.41) is 4.57. The van der Waals surface area contributed by atoms with Crippen LogP contribution in [0.4, 0.5) is 0 Å². The SMILES string of the molecule is CCCCN(C)C(=NCCc1nc(CC)c(C)s1)NCC.I. The Labute approximate surface area is 156 Å². The van der Waals surface area contributed by atoms with Gasteiger partial charge < -0.3 is 10.2 Å². The van der Waals surface area contributed by atoms with Crippen molar-refractivity contribution in [2.24, 2.45) is 4.99 Å². The molecule has 0 aliphatic carbocycles. The maximum Gasteiger partial charge on any atom is 0.193 e. The van der Waals surface area contributed by atoms with Gasteiger partial charge in [0.15, 0.2) is 5.96 Å². The van der Waals surface area contributed by atoms with E-state index in [0.29, 0.717) is 0 Å². The average molecular weight is 438 g/mol. The van der Waals surface area contributed by atoms with Crippen molar-refractivity contribution in [3.63, 3.8) is 0 Å². The van der Waals surface area contributed by atoms with E-state index in [0.717, 1.165) is 38.4 Å². The van der Waals surface area contributed by atoms with Gasteiger partial charge in [-0.25, -0.2) is 4.98 Å². The first-order valence-corrected chi connectivity index (χ1v) is 8.88. The Morgan fingerprint density at radius 2 is 2.05 bits per heavy atom. The molecule has 0 spiro atoms. The number of thiazole rings is 1. The van der Waals surface area contributed by atoms with Gasteiger partial charge in [-0.1, -0.05) is 20.3 Å². The van der Waals surface area contributed by atoms with Crippen LogP contribution in [-0.4, -0.2) is 42.5 Å². The Kier molecular flexibility index (Phi) is 11.9. The van der Waals surface area contributed by atoms with E-state index in [9.17, 15) is 0 Å². The number of nitrogens with zero attached hydrogens (tertiary/aromatic N) is 3. The summed E-state index contributed by atoms with van der Waals surface area (Å²) >= 11 is 1.81. The monoisotopic (exact) mass is 438 g/mol. The fourth-order valence-electron chi connectivity index (χ4n) is 2.15. The molecule has 0 atom stereocenters. The van der Waals surface area contributed by atoms with Crippen LogP contribution in [0.25, 0.3) is 0 Å². The summed E-state index contributed by atoms with van der Waals surface area (Å²) in [6.07, 6.45) is 4.37. The maximum absolute atomic E-state index is 4.72. The summed E-state index contributed by atoms with van der Waals surface area (Å²) in [6.45, 7) is 11.4. The van der Waals surface area contributed by atoms with Crippen LogP contribution in [0.3, 0.4) is 0 Å². The van der Waals surface area contributed by atoms with Gasteiger partial charge in [0, 0.05) is 38.0 Å². The first-order valence-electron chi connectivity index (χ1n) is 8.06. The zero-order valence-corrected chi connectivity index (χ0v) is 17.8. The molecule has 1 N–H and O–H groups in total. The van der Waals surface area contributed by atoms with Crippen molar-refractivity contribution in [2.75, 3.05) is 26.7 Å². The third kappa shape index (κ3) is 7.26. The highest BCUT2D eigenvalue weighted by Crippen LogP contribution is 2.18. The molecule has 0 radical (unpaired) electrons.